The Morgan fingerprint density at radius 3 is 2.88 bits per heavy atom. The van der Waals surface area contributed by atoms with E-state index in [1.807, 2.05) is 12.1 Å². The molecule has 0 saturated heterocycles. The minimum Gasteiger partial charge on any atom is -0.494 e. The van der Waals surface area contributed by atoms with Gasteiger partial charge in [0.1, 0.15) is 10.9 Å². The van der Waals surface area contributed by atoms with Crippen LogP contribution >= 0.6 is 11.6 Å². The van der Waals surface area contributed by atoms with Crippen molar-refractivity contribution >= 4 is 17.5 Å². The Labute approximate surface area is 189 Å². The largest absolute Gasteiger partial charge is 0.494 e. The molecule has 1 atom stereocenters. The Hall–Kier alpha value is -2.22. The summed E-state index contributed by atoms with van der Waals surface area (Å²) in [6, 6.07) is 5.56. The Balaban J connectivity index is 1.31. The van der Waals surface area contributed by atoms with Gasteiger partial charge in [0, 0.05) is 19.4 Å². The first-order chi connectivity index (χ1) is 15.2. The van der Waals surface area contributed by atoms with Crippen LogP contribution in [0.25, 0.3) is 0 Å². The number of benzene rings is 1. The number of fused-ring (bicyclic) bond motifs is 3. The van der Waals surface area contributed by atoms with Gasteiger partial charge in [0.15, 0.2) is 0 Å². The lowest BCUT2D eigenvalue weighted by Crippen LogP contribution is -2.49. The zero-order valence-corrected chi connectivity index (χ0v) is 18.4. The molecule has 0 bridgehead atoms. The van der Waals surface area contributed by atoms with Crippen LogP contribution in [0.5, 0.6) is 5.75 Å². The molecule has 1 aliphatic heterocycles. The van der Waals surface area contributed by atoms with E-state index >= 15 is 0 Å². The van der Waals surface area contributed by atoms with E-state index in [1.54, 1.807) is 10.7 Å². The zero-order chi connectivity index (χ0) is 22.5. The van der Waals surface area contributed by atoms with E-state index in [0.717, 1.165) is 48.5 Å². The fourth-order valence-electron chi connectivity index (χ4n) is 4.90. The fraction of sp³-hybridized carbons (Fsp3) is 0.565. The Kier molecular flexibility index (Phi) is 5.39. The zero-order valence-electron chi connectivity index (χ0n) is 17.6. The molecule has 1 spiro atoms. The second-order valence-electron chi connectivity index (χ2n) is 9.17. The topological polar surface area (TPSA) is 56.1 Å². The lowest BCUT2D eigenvalue weighted by atomic mass is 9.83. The van der Waals surface area contributed by atoms with E-state index in [0.29, 0.717) is 22.9 Å². The summed E-state index contributed by atoms with van der Waals surface area (Å²) in [5.41, 5.74) is 2.73. The van der Waals surface area contributed by atoms with E-state index in [2.05, 4.69) is 10.4 Å². The van der Waals surface area contributed by atoms with Gasteiger partial charge < -0.3 is 10.1 Å². The van der Waals surface area contributed by atoms with Gasteiger partial charge in [-0.25, -0.2) is 0 Å². The van der Waals surface area contributed by atoms with Gasteiger partial charge in [-0.1, -0.05) is 30.5 Å². The van der Waals surface area contributed by atoms with Gasteiger partial charge in [-0.2, -0.15) is 18.3 Å². The monoisotopic (exact) mass is 467 g/mol. The number of aryl methyl sites for hydroxylation is 2. The highest BCUT2D eigenvalue weighted by Gasteiger charge is 2.46. The summed E-state index contributed by atoms with van der Waals surface area (Å²) in [5.74, 6) is 1.10. The van der Waals surface area contributed by atoms with Gasteiger partial charge in [-0.3, -0.25) is 9.48 Å². The minimum atomic E-state index is -4.17. The van der Waals surface area contributed by atoms with Gasteiger partial charge in [-0.15, -0.1) is 0 Å². The van der Waals surface area contributed by atoms with Crippen molar-refractivity contribution in [2.75, 3.05) is 6.61 Å². The van der Waals surface area contributed by atoms with Crippen LogP contribution in [-0.2, 0) is 24.9 Å². The maximum Gasteiger partial charge on any atom is 0.389 e. The van der Waals surface area contributed by atoms with Crippen molar-refractivity contribution in [2.45, 2.75) is 69.6 Å². The van der Waals surface area contributed by atoms with Crippen LogP contribution < -0.4 is 10.1 Å². The number of nitrogens with zero attached hydrogens (tertiary/aromatic N) is 2. The first-order valence-corrected chi connectivity index (χ1v) is 11.5. The molecule has 2 heterocycles. The molecule has 1 aromatic carbocycles. The normalized spacial score (nSPS) is 22.1. The number of carbonyl (C=O) groups is 1. The number of hydrogen-bond acceptors (Lipinski definition) is 3. The highest BCUT2D eigenvalue weighted by molar-refractivity contribution is 6.33. The van der Waals surface area contributed by atoms with Crippen molar-refractivity contribution in [2.24, 2.45) is 5.92 Å². The highest BCUT2D eigenvalue weighted by Crippen LogP contribution is 2.44. The van der Waals surface area contributed by atoms with Crippen molar-refractivity contribution in [1.82, 2.24) is 15.1 Å². The fourth-order valence-corrected chi connectivity index (χ4v) is 5.22. The van der Waals surface area contributed by atoms with Crippen molar-refractivity contribution in [3.05, 3.63) is 45.7 Å². The third-order valence-electron chi connectivity index (χ3n) is 6.74. The molecule has 9 heteroatoms. The Morgan fingerprint density at radius 1 is 1.31 bits per heavy atom. The van der Waals surface area contributed by atoms with Crippen molar-refractivity contribution in [3.8, 4) is 5.75 Å². The molecule has 0 unspecified atom stereocenters. The summed E-state index contributed by atoms with van der Waals surface area (Å²) in [7, 11) is 0. The minimum absolute atomic E-state index is 0.0142. The predicted molar refractivity (Wildman–Crippen MR) is 113 cm³/mol. The molecule has 2 aliphatic carbocycles. The predicted octanol–water partition coefficient (Wildman–Crippen LogP) is 5.19. The highest BCUT2D eigenvalue weighted by atomic mass is 35.5. The molecule has 1 N–H and O–H groups in total. The molecule has 1 amide bonds. The number of halogens is 4. The standard InChI is InChI=1S/C23H25ClF3N3O2/c24-20-19-18(29-30(20)10-7-14-2-3-14)13-22(28-21(19)31)9-6-15-12-16(4-5-17(15)22)32-11-1-8-23(25,26)27/h4-5,12,14H,1-3,6-11,13H2,(H,28,31)/t22-/m0/s1. The molecule has 3 aliphatic rings. The van der Waals surface area contributed by atoms with E-state index in [4.69, 9.17) is 16.3 Å². The van der Waals surface area contributed by atoms with Crippen LogP contribution in [0.2, 0.25) is 5.15 Å². The average molecular weight is 468 g/mol. The Bertz CT molecular complexity index is 1050. The van der Waals surface area contributed by atoms with Gasteiger partial charge in [0.25, 0.3) is 5.91 Å². The number of carbonyl (C=O) groups excluding carboxylic acids is 1. The number of nitrogens with one attached hydrogen (secondary N) is 1. The third kappa shape index (κ3) is 4.21. The number of ether oxygens (including phenoxy) is 1. The van der Waals surface area contributed by atoms with Gasteiger partial charge in [0.2, 0.25) is 0 Å². The number of hydrogen-bond donors (Lipinski definition) is 1. The molecule has 0 radical (unpaired) electrons. The maximum absolute atomic E-state index is 13.0. The summed E-state index contributed by atoms with van der Waals surface area (Å²) < 4.78 is 44.2. The van der Waals surface area contributed by atoms with Gasteiger partial charge in [-0.05, 0) is 54.9 Å². The summed E-state index contributed by atoms with van der Waals surface area (Å²) in [6.45, 7) is 0.739. The Morgan fingerprint density at radius 2 is 2.12 bits per heavy atom. The molecule has 1 fully saturated rings. The summed E-state index contributed by atoms with van der Waals surface area (Å²) >= 11 is 6.50. The van der Waals surface area contributed by atoms with Crippen molar-refractivity contribution in [1.29, 1.82) is 0 Å². The van der Waals surface area contributed by atoms with Crippen LogP contribution in [0, 0.1) is 5.92 Å². The van der Waals surface area contributed by atoms with Crippen LogP contribution in [0.1, 0.15) is 65.7 Å². The van der Waals surface area contributed by atoms with Crippen LogP contribution in [0.3, 0.4) is 0 Å². The maximum atomic E-state index is 13.0. The molecular weight excluding hydrogens is 443 g/mol. The quantitative estimate of drug-likeness (QED) is 0.570. The number of alkyl halides is 3. The average Bonchev–Trinajstić information content (AvgIpc) is 3.43. The molecule has 5 nitrogen and oxygen atoms in total. The second-order valence-corrected chi connectivity index (χ2v) is 9.52. The van der Waals surface area contributed by atoms with Gasteiger partial charge >= 0.3 is 6.18 Å². The SMILES string of the molecule is O=C1N[C@@]2(CCc3cc(OCCCC(F)(F)F)ccc32)Cc2nn(CCC3CC3)c(Cl)c21. The van der Waals surface area contributed by atoms with Crippen molar-refractivity contribution < 1.29 is 22.7 Å². The summed E-state index contributed by atoms with van der Waals surface area (Å²) in [5, 5.41) is 8.28. The summed E-state index contributed by atoms with van der Waals surface area (Å²) in [4.78, 5) is 13.0. The van der Waals surface area contributed by atoms with Crippen LogP contribution in [-0.4, -0.2) is 28.5 Å². The number of amides is 1. The molecule has 172 valence electrons. The first kappa shape index (κ1) is 21.6. The molecule has 1 aromatic heterocycles. The molecule has 5 rings (SSSR count). The van der Waals surface area contributed by atoms with Crippen molar-refractivity contribution in [3.63, 3.8) is 0 Å². The van der Waals surface area contributed by atoms with E-state index < -0.39 is 18.1 Å². The smallest absolute Gasteiger partial charge is 0.389 e. The van der Waals surface area contributed by atoms with Crippen LogP contribution in [0.15, 0.2) is 18.2 Å². The first-order valence-electron chi connectivity index (χ1n) is 11.1. The van der Waals surface area contributed by atoms with E-state index in [1.165, 1.54) is 12.8 Å². The lowest BCUT2D eigenvalue weighted by molar-refractivity contribution is -0.136. The molecular formula is C23H25ClF3N3O2. The van der Waals surface area contributed by atoms with Crippen LogP contribution in [0.4, 0.5) is 13.2 Å². The van der Waals surface area contributed by atoms with E-state index in [9.17, 15) is 18.0 Å². The van der Waals surface area contributed by atoms with E-state index in [-0.39, 0.29) is 18.9 Å². The molecule has 32 heavy (non-hydrogen) atoms. The molecule has 1 saturated carbocycles. The van der Waals surface area contributed by atoms with Gasteiger partial charge in [0.05, 0.1) is 23.4 Å². The number of aromatic nitrogens is 2. The second kappa shape index (κ2) is 7.97. The molecule has 2 aromatic rings. The number of rotatable bonds is 7. The summed E-state index contributed by atoms with van der Waals surface area (Å²) in [6.07, 6.45) is 0.501. The third-order valence-corrected chi connectivity index (χ3v) is 7.13. The lowest BCUT2D eigenvalue weighted by Gasteiger charge is -2.34.